The average molecular weight is 276 g/mol. The number of hydrogen-bond acceptors (Lipinski definition) is 2. The zero-order valence-electron chi connectivity index (χ0n) is 11.4. The summed E-state index contributed by atoms with van der Waals surface area (Å²) < 4.78 is 5.78. The molecule has 0 aliphatic carbocycles. The third-order valence-electron chi connectivity index (χ3n) is 3.13. The van der Waals surface area contributed by atoms with Gasteiger partial charge < -0.3 is 10.1 Å². The van der Waals surface area contributed by atoms with Crippen LogP contribution in [0.4, 0.5) is 0 Å². The van der Waals surface area contributed by atoms with Crippen molar-refractivity contribution in [2.45, 2.75) is 19.9 Å². The fourth-order valence-electron chi connectivity index (χ4n) is 1.82. The maximum absolute atomic E-state index is 6.27. The predicted molar refractivity (Wildman–Crippen MR) is 80.2 cm³/mol. The Hall–Kier alpha value is -1.51. The van der Waals surface area contributed by atoms with Crippen molar-refractivity contribution in [1.29, 1.82) is 0 Å². The van der Waals surface area contributed by atoms with E-state index in [9.17, 15) is 0 Å². The zero-order chi connectivity index (χ0) is 13.8. The molecule has 19 heavy (non-hydrogen) atoms. The first-order valence-corrected chi connectivity index (χ1v) is 6.69. The van der Waals surface area contributed by atoms with E-state index in [1.165, 1.54) is 5.56 Å². The third kappa shape index (κ3) is 3.49. The second-order valence-corrected chi connectivity index (χ2v) is 5.02. The highest BCUT2D eigenvalue weighted by Gasteiger charge is 2.08. The van der Waals surface area contributed by atoms with Crippen LogP contribution in [0.1, 0.15) is 24.1 Å². The first kappa shape index (κ1) is 13.9. The molecule has 2 rings (SSSR count). The maximum atomic E-state index is 6.27. The van der Waals surface area contributed by atoms with Crippen molar-refractivity contribution >= 4 is 11.6 Å². The number of ether oxygens (including phenoxy) is 1. The van der Waals surface area contributed by atoms with Gasteiger partial charge >= 0.3 is 0 Å². The molecule has 1 unspecified atom stereocenters. The summed E-state index contributed by atoms with van der Waals surface area (Å²) in [6, 6.07) is 14.0. The molecule has 0 radical (unpaired) electrons. The first-order chi connectivity index (χ1) is 9.10. The standard InChI is InChI=1S/C16H18ClNO/c1-11-4-6-13(7-5-11)19-14-8-9-15(12(2)18-3)16(17)10-14/h4-10,12,18H,1-3H3. The van der Waals surface area contributed by atoms with E-state index in [1.54, 1.807) is 0 Å². The molecule has 2 nitrogen and oxygen atoms in total. The Morgan fingerprint density at radius 3 is 2.26 bits per heavy atom. The van der Waals surface area contributed by atoms with Gasteiger partial charge in [-0.25, -0.2) is 0 Å². The molecule has 0 aliphatic rings. The molecule has 2 aromatic rings. The van der Waals surface area contributed by atoms with Gasteiger partial charge in [0, 0.05) is 11.1 Å². The number of rotatable bonds is 4. The van der Waals surface area contributed by atoms with Crippen molar-refractivity contribution in [3.63, 3.8) is 0 Å². The molecule has 1 N–H and O–H groups in total. The topological polar surface area (TPSA) is 21.3 Å². The van der Waals surface area contributed by atoms with Crippen LogP contribution in [0.15, 0.2) is 42.5 Å². The minimum absolute atomic E-state index is 0.223. The lowest BCUT2D eigenvalue weighted by Crippen LogP contribution is -2.12. The molecule has 0 aromatic heterocycles. The highest BCUT2D eigenvalue weighted by Crippen LogP contribution is 2.29. The first-order valence-electron chi connectivity index (χ1n) is 6.31. The molecule has 2 aromatic carbocycles. The molecule has 0 saturated heterocycles. The van der Waals surface area contributed by atoms with Crippen LogP contribution >= 0.6 is 11.6 Å². The summed E-state index contributed by atoms with van der Waals surface area (Å²) in [7, 11) is 1.91. The van der Waals surface area contributed by atoms with Crippen molar-refractivity contribution < 1.29 is 4.74 Å². The highest BCUT2D eigenvalue weighted by molar-refractivity contribution is 6.31. The smallest absolute Gasteiger partial charge is 0.128 e. The van der Waals surface area contributed by atoms with E-state index in [0.29, 0.717) is 5.02 Å². The van der Waals surface area contributed by atoms with E-state index in [1.807, 2.05) is 49.5 Å². The van der Waals surface area contributed by atoms with Crippen LogP contribution in [-0.2, 0) is 0 Å². The molecular weight excluding hydrogens is 258 g/mol. The Balaban J connectivity index is 2.18. The van der Waals surface area contributed by atoms with E-state index >= 15 is 0 Å². The molecule has 0 spiro atoms. The normalized spacial score (nSPS) is 12.2. The van der Waals surface area contributed by atoms with Crippen LogP contribution in [-0.4, -0.2) is 7.05 Å². The van der Waals surface area contributed by atoms with E-state index in [2.05, 4.69) is 19.2 Å². The molecular formula is C16H18ClNO. The maximum Gasteiger partial charge on any atom is 0.128 e. The highest BCUT2D eigenvalue weighted by atomic mass is 35.5. The summed E-state index contributed by atoms with van der Waals surface area (Å²) in [5.41, 5.74) is 2.28. The summed E-state index contributed by atoms with van der Waals surface area (Å²) in [6.07, 6.45) is 0. The fourth-order valence-corrected chi connectivity index (χ4v) is 2.15. The molecule has 0 saturated carbocycles. The van der Waals surface area contributed by atoms with Gasteiger partial charge in [-0.2, -0.15) is 0 Å². The molecule has 0 aliphatic heterocycles. The lowest BCUT2D eigenvalue weighted by atomic mass is 10.1. The van der Waals surface area contributed by atoms with Gasteiger partial charge in [-0.3, -0.25) is 0 Å². The van der Waals surface area contributed by atoms with Crippen LogP contribution in [0.25, 0.3) is 0 Å². The molecule has 1 atom stereocenters. The Morgan fingerprint density at radius 2 is 1.68 bits per heavy atom. The van der Waals surface area contributed by atoms with Crippen molar-refractivity contribution in [2.75, 3.05) is 7.05 Å². The minimum Gasteiger partial charge on any atom is -0.457 e. The van der Waals surface area contributed by atoms with Crippen LogP contribution < -0.4 is 10.1 Å². The molecule has 0 heterocycles. The number of aryl methyl sites for hydroxylation is 1. The van der Waals surface area contributed by atoms with Crippen molar-refractivity contribution in [1.82, 2.24) is 5.32 Å². The Kier molecular flexibility index (Phi) is 4.46. The van der Waals surface area contributed by atoms with Crippen LogP contribution in [0.5, 0.6) is 11.5 Å². The SMILES string of the molecule is CNC(C)c1ccc(Oc2ccc(C)cc2)cc1Cl. The number of benzene rings is 2. The van der Waals surface area contributed by atoms with Crippen molar-refractivity contribution in [3.05, 3.63) is 58.6 Å². The zero-order valence-corrected chi connectivity index (χ0v) is 12.2. The third-order valence-corrected chi connectivity index (χ3v) is 3.46. The Morgan fingerprint density at radius 1 is 1.05 bits per heavy atom. The van der Waals surface area contributed by atoms with Crippen molar-refractivity contribution in [3.8, 4) is 11.5 Å². The van der Waals surface area contributed by atoms with Gasteiger partial charge in [0.25, 0.3) is 0 Å². The van der Waals surface area contributed by atoms with Gasteiger partial charge in [-0.15, -0.1) is 0 Å². The van der Waals surface area contributed by atoms with E-state index in [4.69, 9.17) is 16.3 Å². The second kappa shape index (κ2) is 6.09. The molecule has 100 valence electrons. The van der Waals surface area contributed by atoms with Crippen LogP contribution in [0, 0.1) is 6.92 Å². The van der Waals surface area contributed by atoms with Gasteiger partial charge in [-0.1, -0.05) is 35.4 Å². The van der Waals surface area contributed by atoms with Crippen LogP contribution in [0.3, 0.4) is 0 Å². The summed E-state index contributed by atoms with van der Waals surface area (Å²) in [6.45, 7) is 4.12. The van der Waals surface area contributed by atoms with Gasteiger partial charge in [-0.05, 0) is 50.7 Å². The monoisotopic (exact) mass is 275 g/mol. The Labute approximate surface area is 119 Å². The summed E-state index contributed by atoms with van der Waals surface area (Å²) in [5, 5.41) is 3.89. The van der Waals surface area contributed by atoms with Gasteiger partial charge in [0.15, 0.2) is 0 Å². The molecule has 0 amide bonds. The van der Waals surface area contributed by atoms with E-state index in [0.717, 1.165) is 17.1 Å². The van der Waals surface area contributed by atoms with Gasteiger partial charge in [0.2, 0.25) is 0 Å². The lowest BCUT2D eigenvalue weighted by Gasteiger charge is -2.14. The summed E-state index contributed by atoms with van der Waals surface area (Å²) in [4.78, 5) is 0. The van der Waals surface area contributed by atoms with Crippen molar-refractivity contribution in [2.24, 2.45) is 0 Å². The largest absolute Gasteiger partial charge is 0.457 e. The van der Waals surface area contributed by atoms with Gasteiger partial charge in [0.05, 0.1) is 0 Å². The molecule has 3 heteroatoms. The minimum atomic E-state index is 0.223. The van der Waals surface area contributed by atoms with E-state index in [-0.39, 0.29) is 6.04 Å². The fraction of sp³-hybridized carbons (Fsp3) is 0.250. The average Bonchev–Trinajstić information content (AvgIpc) is 2.41. The molecule has 0 fully saturated rings. The summed E-state index contributed by atoms with van der Waals surface area (Å²) in [5.74, 6) is 1.57. The quantitative estimate of drug-likeness (QED) is 0.872. The summed E-state index contributed by atoms with van der Waals surface area (Å²) >= 11 is 6.27. The number of hydrogen-bond donors (Lipinski definition) is 1. The number of nitrogens with one attached hydrogen (secondary N) is 1. The number of halogens is 1. The van der Waals surface area contributed by atoms with Crippen LogP contribution in [0.2, 0.25) is 5.02 Å². The van der Waals surface area contributed by atoms with Gasteiger partial charge in [0.1, 0.15) is 11.5 Å². The van der Waals surface area contributed by atoms with E-state index < -0.39 is 0 Å². The lowest BCUT2D eigenvalue weighted by molar-refractivity contribution is 0.482. The Bertz CT molecular complexity index is 551. The molecule has 0 bridgehead atoms. The second-order valence-electron chi connectivity index (χ2n) is 4.61. The predicted octanol–water partition coefficient (Wildman–Crippen LogP) is 4.72.